The molecule has 0 bridgehead atoms. The fraction of sp³-hybridized carbons (Fsp3) is 0.182. The minimum Gasteiger partial charge on any atom is -0.481 e. The zero-order valence-corrected chi connectivity index (χ0v) is 16.9. The highest BCUT2D eigenvalue weighted by atomic mass is 16.5. The van der Waals surface area contributed by atoms with Crippen LogP contribution >= 0.6 is 0 Å². The van der Waals surface area contributed by atoms with Crippen LogP contribution in [0.5, 0.6) is 5.88 Å². The Morgan fingerprint density at radius 1 is 1.20 bits per heavy atom. The first-order valence-corrected chi connectivity index (χ1v) is 9.61. The number of hydrogen-bond acceptors (Lipinski definition) is 5. The van der Waals surface area contributed by atoms with E-state index in [0.717, 1.165) is 16.9 Å². The summed E-state index contributed by atoms with van der Waals surface area (Å²) >= 11 is 0. The van der Waals surface area contributed by atoms with Gasteiger partial charge in [-0.3, -0.25) is 9.20 Å². The summed E-state index contributed by atoms with van der Waals surface area (Å²) in [7, 11) is 3.47. The zero-order chi connectivity index (χ0) is 20.9. The van der Waals surface area contributed by atoms with Crippen molar-refractivity contribution in [1.29, 1.82) is 0 Å². The zero-order valence-electron chi connectivity index (χ0n) is 16.9. The summed E-state index contributed by atoms with van der Waals surface area (Å²) in [4.78, 5) is 21.2. The molecular formula is C22H23N6O2+. The number of nitrogens with zero attached hydrogens (tertiary/aromatic N) is 4. The topological polar surface area (TPSA) is 84.4 Å². The molecule has 4 rings (SSSR count). The standard InChI is InChI=1S/C22H22N6O2/c1-23-17-6-10-27(11-7-17)13-9-24-21(29)16-5-12-28-19(15-26-20(28)14-16)18-4-3-8-25-22(18)30-2/h3-8,10-12,14-15H,9,13H2,1-2H3,(H,24,29)/p+1. The maximum absolute atomic E-state index is 12.6. The van der Waals surface area contributed by atoms with Crippen LogP contribution in [0.2, 0.25) is 0 Å². The van der Waals surface area contributed by atoms with E-state index >= 15 is 0 Å². The van der Waals surface area contributed by atoms with E-state index in [-0.39, 0.29) is 5.91 Å². The normalized spacial score (nSPS) is 10.7. The van der Waals surface area contributed by atoms with E-state index in [9.17, 15) is 4.79 Å². The fourth-order valence-corrected chi connectivity index (χ4v) is 3.24. The van der Waals surface area contributed by atoms with Crippen molar-refractivity contribution in [1.82, 2.24) is 19.7 Å². The van der Waals surface area contributed by atoms with Crippen molar-refractivity contribution in [3.05, 3.63) is 72.9 Å². The lowest BCUT2D eigenvalue weighted by Gasteiger charge is -2.08. The van der Waals surface area contributed by atoms with Gasteiger partial charge in [0.1, 0.15) is 5.65 Å². The van der Waals surface area contributed by atoms with E-state index in [1.807, 2.05) is 58.9 Å². The van der Waals surface area contributed by atoms with Crippen molar-refractivity contribution >= 4 is 17.2 Å². The van der Waals surface area contributed by atoms with Gasteiger partial charge in [-0.2, -0.15) is 0 Å². The number of rotatable bonds is 7. The molecule has 0 spiro atoms. The second-order valence-electron chi connectivity index (χ2n) is 6.68. The molecule has 0 atom stereocenters. The number of ether oxygens (including phenoxy) is 1. The number of methoxy groups -OCH3 is 1. The SMILES string of the molecule is CNc1cc[n+](CCNC(=O)c2ccn3c(-c4cccnc4OC)cnc3c2)cc1. The monoisotopic (exact) mass is 403 g/mol. The van der Waals surface area contributed by atoms with Gasteiger partial charge in [0.05, 0.1) is 31.1 Å². The lowest BCUT2D eigenvalue weighted by Crippen LogP contribution is -2.40. The van der Waals surface area contributed by atoms with Gasteiger partial charge >= 0.3 is 0 Å². The maximum Gasteiger partial charge on any atom is 0.251 e. The Morgan fingerprint density at radius 2 is 2.03 bits per heavy atom. The smallest absolute Gasteiger partial charge is 0.251 e. The maximum atomic E-state index is 12.6. The summed E-state index contributed by atoms with van der Waals surface area (Å²) in [6.07, 6.45) is 9.22. The number of anilines is 1. The van der Waals surface area contributed by atoms with Gasteiger partial charge in [-0.25, -0.2) is 14.5 Å². The number of imidazole rings is 1. The number of carbonyl (C=O) groups excluding carboxylic acids is 1. The molecule has 0 aliphatic carbocycles. The molecule has 0 fully saturated rings. The van der Waals surface area contributed by atoms with Gasteiger partial charge in [0.15, 0.2) is 18.9 Å². The number of hydrogen-bond donors (Lipinski definition) is 2. The number of amides is 1. The summed E-state index contributed by atoms with van der Waals surface area (Å²) in [6, 6.07) is 11.3. The first-order valence-electron chi connectivity index (χ1n) is 9.61. The van der Waals surface area contributed by atoms with Crippen LogP contribution in [0, 0.1) is 0 Å². The Bertz CT molecular complexity index is 1170. The Morgan fingerprint density at radius 3 is 2.80 bits per heavy atom. The predicted molar refractivity (Wildman–Crippen MR) is 113 cm³/mol. The molecule has 0 aliphatic rings. The summed E-state index contributed by atoms with van der Waals surface area (Å²) in [5.41, 5.74) is 3.98. The molecule has 152 valence electrons. The van der Waals surface area contributed by atoms with Gasteiger partial charge in [0, 0.05) is 42.8 Å². The van der Waals surface area contributed by atoms with E-state index in [1.54, 1.807) is 31.6 Å². The van der Waals surface area contributed by atoms with Crippen LogP contribution < -0.4 is 19.9 Å². The average molecular weight is 403 g/mol. The third kappa shape index (κ3) is 3.93. The van der Waals surface area contributed by atoms with E-state index in [4.69, 9.17) is 4.74 Å². The molecule has 4 aromatic heterocycles. The minimum atomic E-state index is -0.131. The highest BCUT2D eigenvalue weighted by Crippen LogP contribution is 2.28. The van der Waals surface area contributed by atoms with E-state index < -0.39 is 0 Å². The van der Waals surface area contributed by atoms with E-state index in [0.29, 0.717) is 30.2 Å². The summed E-state index contributed by atoms with van der Waals surface area (Å²) in [5, 5.41) is 6.04. The van der Waals surface area contributed by atoms with Gasteiger partial charge in [-0.1, -0.05) is 0 Å². The van der Waals surface area contributed by atoms with E-state index in [2.05, 4.69) is 20.6 Å². The molecule has 4 heterocycles. The molecular weight excluding hydrogens is 380 g/mol. The van der Waals surface area contributed by atoms with Crippen LogP contribution in [0.4, 0.5) is 5.69 Å². The van der Waals surface area contributed by atoms with Crippen molar-refractivity contribution < 1.29 is 14.1 Å². The molecule has 0 unspecified atom stereocenters. The first kappa shape index (κ1) is 19.4. The molecule has 8 nitrogen and oxygen atoms in total. The highest BCUT2D eigenvalue weighted by molar-refractivity contribution is 5.95. The van der Waals surface area contributed by atoms with Gasteiger partial charge in [0.2, 0.25) is 5.88 Å². The summed E-state index contributed by atoms with van der Waals surface area (Å²) in [5.74, 6) is 0.398. The van der Waals surface area contributed by atoms with E-state index in [1.165, 1.54) is 0 Å². The number of pyridine rings is 3. The summed E-state index contributed by atoms with van der Waals surface area (Å²) in [6.45, 7) is 1.21. The third-order valence-electron chi connectivity index (χ3n) is 4.85. The van der Waals surface area contributed by atoms with Crippen LogP contribution in [0.15, 0.2) is 67.4 Å². The van der Waals surface area contributed by atoms with Crippen LogP contribution in [0.1, 0.15) is 10.4 Å². The van der Waals surface area contributed by atoms with Crippen LogP contribution in [-0.2, 0) is 6.54 Å². The Hall–Kier alpha value is -3.94. The lowest BCUT2D eigenvalue weighted by molar-refractivity contribution is -0.694. The van der Waals surface area contributed by atoms with Crippen molar-refractivity contribution in [2.45, 2.75) is 6.54 Å². The van der Waals surface area contributed by atoms with Crippen molar-refractivity contribution in [3.8, 4) is 17.1 Å². The number of nitrogens with one attached hydrogen (secondary N) is 2. The number of aromatic nitrogens is 4. The number of fused-ring (bicyclic) bond motifs is 1. The van der Waals surface area contributed by atoms with Crippen molar-refractivity contribution in [3.63, 3.8) is 0 Å². The third-order valence-corrected chi connectivity index (χ3v) is 4.85. The molecule has 0 saturated heterocycles. The second kappa shape index (κ2) is 8.60. The van der Waals surface area contributed by atoms with Gasteiger partial charge < -0.3 is 15.4 Å². The molecule has 0 aliphatic heterocycles. The van der Waals surface area contributed by atoms with Gasteiger partial charge in [-0.05, 0) is 24.3 Å². The van der Waals surface area contributed by atoms with Crippen LogP contribution in [-0.4, -0.2) is 41.0 Å². The molecule has 1 amide bonds. The summed E-state index contributed by atoms with van der Waals surface area (Å²) < 4.78 is 9.28. The molecule has 0 radical (unpaired) electrons. The highest BCUT2D eigenvalue weighted by Gasteiger charge is 2.14. The van der Waals surface area contributed by atoms with Crippen LogP contribution in [0.3, 0.4) is 0 Å². The Labute approximate surface area is 174 Å². The molecule has 4 aromatic rings. The largest absolute Gasteiger partial charge is 0.481 e. The average Bonchev–Trinajstić information content (AvgIpc) is 3.22. The second-order valence-corrected chi connectivity index (χ2v) is 6.68. The quantitative estimate of drug-likeness (QED) is 0.462. The predicted octanol–water partition coefficient (Wildman–Crippen LogP) is 2.16. The van der Waals surface area contributed by atoms with Gasteiger partial charge in [0.25, 0.3) is 5.91 Å². The molecule has 0 aromatic carbocycles. The first-order chi connectivity index (χ1) is 14.7. The Kier molecular flexibility index (Phi) is 5.56. The molecule has 8 heteroatoms. The molecule has 0 saturated carbocycles. The number of carbonyl (C=O) groups is 1. The van der Waals surface area contributed by atoms with Gasteiger partial charge in [-0.15, -0.1) is 0 Å². The fourth-order valence-electron chi connectivity index (χ4n) is 3.24. The molecule has 2 N–H and O–H groups in total. The Balaban J connectivity index is 1.46. The molecule has 30 heavy (non-hydrogen) atoms. The lowest BCUT2D eigenvalue weighted by atomic mass is 10.2. The van der Waals surface area contributed by atoms with Crippen molar-refractivity contribution in [2.24, 2.45) is 0 Å². The van der Waals surface area contributed by atoms with Crippen molar-refractivity contribution in [2.75, 3.05) is 26.0 Å². The van der Waals surface area contributed by atoms with Crippen LogP contribution in [0.25, 0.3) is 16.9 Å². The minimum absolute atomic E-state index is 0.131.